The Morgan fingerprint density at radius 2 is 1.69 bits per heavy atom. The third-order valence-electron chi connectivity index (χ3n) is 5.24. The molecule has 1 aromatic heterocycles. The summed E-state index contributed by atoms with van der Waals surface area (Å²) in [7, 11) is -1.55. The van der Waals surface area contributed by atoms with E-state index in [9.17, 15) is 0 Å². The molecule has 1 aliphatic heterocycles. The molecule has 26 heavy (non-hydrogen) atoms. The van der Waals surface area contributed by atoms with Crippen LogP contribution in [-0.2, 0) is 9.31 Å². The van der Waals surface area contributed by atoms with Gasteiger partial charge in [-0.25, -0.2) is 9.97 Å². The van der Waals surface area contributed by atoms with Crippen LogP contribution in [0.25, 0.3) is 10.9 Å². The lowest BCUT2D eigenvalue weighted by molar-refractivity contribution is 0.00578. The molecule has 1 aromatic carbocycles. The van der Waals surface area contributed by atoms with Crippen molar-refractivity contribution in [3.63, 3.8) is 0 Å². The molecule has 1 saturated heterocycles. The summed E-state index contributed by atoms with van der Waals surface area (Å²) in [6.45, 7) is 15.9. The summed E-state index contributed by atoms with van der Waals surface area (Å²) in [4.78, 5) is 8.71. The number of ether oxygens (including phenoxy) is 1. The van der Waals surface area contributed by atoms with Crippen molar-refractivity contribution in [2.45, 2.75) is 64.6 Å². The summed E-state index contributed by atoms with van der Waals surface area (Å²) in [5.41, 5.74) is 1.09. The summed E-state index contributed by atoms with van der Waals surface area (Å²) in [5.74, 6) is 0.631. The molecule has 0 radical (unpaired) electrons. The first-order chi connectivity index (χ1) is 12.0. The van der Waals surface area contributed by atoms with E-state index in [0.29, 0.717) is 12.5 Å². The standard InChI is InChI=1S/C19H29BN2O3Si/c1-18(2)19(3,4)25-20(24-18)14-8-9-16-15(12-14)17(22-13-21-16)23-10-11-26(5,6)7/h8-9,12-13H,10-11H2,1-7H3. The molecule has 0 bridgehead atoms. The first kappa shape index (κ1) is 19.3. The monoisotopic (exact) mass is 372 g/mol. The molecule has 0 aliphatic carbocycles. The highest BCUT2D eigenvalue weighted by atomic mass is 28.3. The topological polar surface area (TPSA) is 53.5 Å². The molecule has 0 unspecified atom stereocenters. The maximum atomic E-state index is 6.17. The zero-order chi connectivity index (χ0) is 19.2. The number of hydrogen-bond donors (Lipinski definition) is 0. The van der Waals surface area contributed by atoms with Gasteiger partial charge in [0.05, 0.1) is 28.7 Å². The van der Waals surface area contributed by atoms with Crippen molar-refractivity contribution in [2.75, 3.05) is 6.61 Å². The molecule has 0 atom stereocenters. The van der Waals surface area contributed by atoms with E-state index in [2.05, 4.69) is 57.3 Å². The number of aromatic nitrogens is 2. The Hall–Kier alpha value is -1.44. The van der Waals surface area contributed by atoms with Gasteiger partial charge in [-0.3, -0.25) is 0 Å². The molecule has 0 saturated carbocycles. The normalized spacial score (nSPS) is 19.1. The predicted molar refractivity (Wildman–Crippen MR) is 109 cm³/mol. The number of nitrogens with zero attached hydrogens (tertiary/aromatic N) is 2. The summed E-state index contributed by atoms with van der Waals surface area (Å²) in [6.07, 6.45) is 1.56. The summed E-state index contributed by atoms with van der Waals surface area (Å²) in [5, 5.41) is 0.898. The minimum atomic E-state index is -1.15. The zero-order valence-electron chi connectivity index (χ0n) is 16.9. The maximum Gasteiger partial charge on any atom is 0.494 e. The summed E-state index contributed by atoms with van der Waals surface area (Å²) >= 11 is 0. The van der Waals surface area contributed by atoms with E-state index in [-0.39, 0.29) is 11.2 Å². The number of fused-ring (bicyclic) bond motifs is 1. The smallest absolute Gasteiger partial charge is 0.477 e. The number of hydrogen-bond acceptors (Lipinski definition) is 5. The van der Waals surface area contributed by atoms with Gasteiger partial charge in [0.25, 0.3) is 0 Å². The largest absolute Gasteiger partial charge is 0.494 e. The Balaban J connectivity index is 1.87. The molecule has 7 heteroatoms. The lowest BCUT2D eigenvalue weighted by Crippen LogP contribution is -2.41. The third kappa shape index (κ3) is 3.95. The fourth-order valence-corrected chi connectivity index (χ4v) is 3.46. The van der Waals surface area contributed by atoms with Gasteiger partial charge in [-0.2, -0.15) is 0 Å². The molecule has 1 fully saturated rings. The first-order valence-corrected chi connectivity index (χ1v) is 12.9. The molecule has 2 heterocycles. The fraction of sp³-hybridized carbons (Fsp3) is 0.579. The summed E-state index contributed by atoms with van der Waals surface area (Å²) in [6, 6.07) is 7.10. The third-order valence-corrected chi connectivity index (χ3v) is 6.94. The average molecular weight is 372 g/mol. The molecule has 0 spiro atoms. The quantitative estimate of drug-likeness (QED) is 0.750. The van der Waals surface area contributed by atoms with Crippen LogP contribution in [-0.4, -0.2) is 43.0 Å². The van der Waals surface area contributed by atoms with Crippen LogP contribution in [0.1, 0.15) is 27.7 Å². The molecule has 5 nitrogen and oxygen atoms in total. The predicted octanol–water partition coefficient (Wildman–Crippen LogP) is 3.65. The zero-order valence-corrected chi connectivity index (χ0v) is 17.9. The van der Waals surface area contributed by atoms with Crippen LogP contribution in [0.2, 0.25) is 25.7 Å². The Bertz CT molecular complexity index is 789. The molecule has 2 aromatic rings. The van der Waals surface area contributed by atoms with E-state index in [1.807, 2.05) is 18.2 Å². The van der Waals surface area contributed by atoms with E-state index >= 15 is 0 Å². The van der Waals surface area contributed by atoms with Crippen molar-refractivity contribution in [1.29, 1.82) is 0 Å². The lowest BCUT2D eigenvalue weighted by atomic mass is 9.78. The molecule has 140 valence electrons. The second kappa shape index (κ2) is 6.62. The van der Waals surface area contributed by atoms with Crippen LogP contribution in [0.15, 0.2) is 24.5 Å². The second-order valence-corrected chi connectivity index (χ2v) is 14.8. The van der Waals surface area contributed by atoms with Crippen LogP contribution < -0.4 is 10.2 Å². The summed E-state index contributed by atoms with van der Waals surface area (Å²) < 4.78 is 18.3. The van der Waals surface area contributed by atoms with Crippen LogP contribution in [0.5, 0.6) is 5.88 Å². The Labute approximate surface area is 157 Å². The van der Waals surface area contributed by atoms with E-state index in [1.54, 1.807) is 6.33 Å². The molecule has 3 rings (SSSR count). The van der Waals surface area contributed by atoms with Gasteiger partial charge in [0.15, 0.2) is 0 Å². The first-order valence-electron chi connectivity index (χ1n) is 9.22. The van der Waals surface area contributed by atoms with Crippen LogP contribution in [0.3, 0.4) is 0 Å². The minimum Gasteiger partial charge on any atom is -0.477 e. The SMILES string of the molecule is CC1(C)OB(c2ccc3ncnc(OCC[Si](C)(C)C)c3c2)OC1(C)C. The van der Waals surface area contributed by atoms with E-state index in [0.717, 1.165) is 22.4 Å². The van der Waals surface area contributed by atoms with Crippen molar-refractivity contribution in [2.24, 2.45) is 0 Å². The van der Waals surface area contributed by atoms with Gasteiger partial charge in [-0.05, 0) is 51.3 Å². The van der Waals surface area contributed by atoms with Gasteiger partial charge in [-0.1, -0.05) is 25.7 Å². The van der Waals surface area contributed by atoms with E-state index < -0.39 is 15.2 Å². The van der Waals surface area contributed by atoms with Gasteiger partial charge in [0.1, 0.15) is 6.33 Å². The number of benzene rings is 1. The molecule has 0 amide bonds. The number of rotatable bonds is 5. The van der Waals surface area contributed by atoms with Gasteiger partial charge in [0.2, 0.25) is 5.88 Å². The van der Waals surface area contributed by atoms with Crippen molar-refractivity contribution in [3.05, 3.63) is 24.5 Å². The maximum absolute atomic E-state index is 6.17. The Morgan fingerprint density at radius 3 is 2.31 bits per heavy atom. The molecular formula is C19H29BN2O3Si. The fourth-order valence-electron chi connectivity index (χ4n) is 2.75. The van der Waals surface area contributed by atoms with Crippen LogP contribution >= 0.6 is 0 Å². The minimum absolute atomic E-state index is 0.365. The molecular weight excluding hydrogens is 343 g/mol. The van der Waals surface area contributed by atoms with Gasteiger partial charge in [0, 0.05) is 8.07 Å². The Kier molecular flexibility index (Phi) is 4.92. The molecule has 0 N–H and O–H groups in total. The highest BCUT2D eigenvalue weighted by Crippen LogP contribution is 2.36. The van der Waals surface area contributed by atoms with Crippen LogP contribution in [0, 0.1) is 0 Å². The van der Waals surface area contributed by atoms with Gasteiger partial charge >= 0.3 is 7.12 Å². The van der Waals surface area contributed by atoms with Gasteiger partial charge < -0.3 is 14.0 Å². The highest BCUT2D eigenvalue weighted by Gasteiger charge is 2.51. The van der Waals surface area contributed by atoms with Crippen LogP contribution in [0.4, 0.5) is 0 Å². The lowest BCUT2D eigenvalue weighted by Gasteiger charge is -2.32. The van der Waals surface area contributed by atoms with Crippen molar-refractivity contribution >= 4 is 31.6 Å². The van der Waals surface area contributed by atoms with E-state index in [1.165, 1.54) is 0 Å². The Morgan fingerprint density at radius 1 is 1.04 bits per heavy atom. The molecule has 1 aliphatic rings. The highest BCUT2D eigenvalue weighted by molar-refractivity contribution is 6.76. The average Bonchev–Trinajstić information content (AvgIpc) is 2.74. The van der Waals surface area contributed by atoms with Crippen molar-refractivity contribution in [3.8, 4) is 5.88 Å². The second-order valence-electron chi connectivity index (χ2n) is 9.20. The van der Waals surface area contributed by atoms with Gasteiger partial charge in [-0.15, -0.1) is 0 Å². The van der Waals surface area contributed by atoms with E-state index in [4.69, 9.17) is 14.0 Å². The van der Waals surface area contributed by atoms with Crippen molar-refractivity contribution < 1.29 is 14.0 Å². The van der Waals surface area contributed by atoms with Crippen molar-refractivity contribution in [1.82, 2.24) is 9.97 Å².